The SMILES string of the molecule is CCc1ccc(CC2(OC)CCCNC2)cc1. The van der Waals surface area contributed by atoms with E-state index in [9.17, 15) is 0 Å². The molecular formula is C15H23NO. The average molecular weight is 233 g/mol. The van der Waals surface area contributed by atoms with Crippen LogP contribution < -0.4 is 5.32 Å². The van der Waals surface area contributed by atoms with Crippen molar-refractivity contribution in [1.29, 1.82) is 0 Å². The molecule has 0 saturated carbocycles. The molecule has 0 spiro atoms. The number of hydrogen-bond donors (Lipinski definition) is 1. The Bertz CT molecular complexity index is 338. The summed E-state index contributed by atoms with van der Waals surface area (Å²) in [5, 5.41) is 3.44. The van der Waals surface area contributed by atoms with E-state index < -0.39 is 0 Å². The zero-order chi connectivity index (χ0) is 12.1. The van der Waals surface area contributed by atoms with Crippen molar-refractivity contribution < 1.29 is 4.74 Å². The van der Waals surface area contributed by atoms with Crippen molar-refractivity contribution >= 4 is 0 Å². The fraction of sp³-hybridized carbons (Fsp3) is 0.600. The number of aryl methyl sites for hydroxylation is 1. The van der Waals surface area contributed by atoms with Crippen LogP contribution in [0.1, 0.15) is 30.9 Å². The van der Waals surface area contributed by atoms with Crippen LogP contribution in [0, 0.1) is 0 Å². The second-order valence-corrected chi connectivity index (χ2v) is 5.01. The van der Waals surface area contributed by atoms with E-state index >= 15 is 0 Å². The van der Waals surface area contributed by atoms with E-state index in [2.05, 4.69) is 36.5 Å². The second-order valence-electron chi connectivity index (χ2n) is 5.01. The maximum atomic E-state index is 5.78. The molecule has 0 radical (unpaired) electrons. The van der Waals surface area contributed by atoms with E-state index in [-0.39, 0.29) is 5.60 Å². The Morgan fingerprint density at radius 3 is 2.47 bits per heavy atom. The van der Waals surface area contributed by atoms with Crippen LogP contribution in [-0.4, -0.2) is 25.8 Å². The standard InChI is InChI=1S/C15H23NO/c1-3-13-5-7-14(8-6-13)11-15(17-2)9-4-10-16-12-15/h5-8,16H,3-4,9-12H2,1-2H3. The Hall–Kier alpha value is -0.860. The van der Waals surface area contributed by atoms with E-state index in [1.807, 2.05) is 7.11 Å². The van der Waals surface area contributed by atoms with E-state index in [0.29, 0.717) is 0 Å². The number of rotatable bonds is 4. The Morgan fingerprint density at radius 2 is 1.94 bits per heavy atom. The molecule has 1 aliphatic heterocycles. The molecule has 1 heterocycles. The van der Waals surface area contributed by atoms with Crippen LogP contribution in [0.25, 0.3) is 0 Å². The highest BCUT2D eigenvalue weighted by molar-refractivity contribution is 5.24. The van der Waals surface area contributed by atoms with E-state index in [0.717, 1.165) is 32.4 Å². The van der Waals surface area contributed by atoms with Gasteiger partial charge in [-0.2, -0.15) is 0 Å². The fourth-order valence-corrected chi connectivity index (χ4v) is 2.60. The molecule has 1 atom stereocenters. The van der Waals surface area contributed by atoms with Crippen LogP contribution in [0.3, 0.4) is 0 Å². The molecule has 2 nitrogen and oxygen atoms in total. The topological polar surface area (TPSA) is 21.3 Å². The van der Waals surface area contributed by atoms with Gasteiger partial charge in [0.1, 0.15) is 0 Å². The molecule has 17 heavy (non-hydrogen) atoms. The number of ether oxygens (including phenoxy) is 1. The first-order valence-electron chi connectivity index (χ1n) is 6.62. The third-order valence-corrected chi connectivity index (χ3v) is 3.82. The van der Waals surface area contributed by atoms with Gasteiger partial charge in [-0.1, -0.05) is 31.2 Å². The lowest BCUT2D eigenvalue weighted by Crippen LogP contribution is -2.48. The monoisotopic (exact) mass is 233 g/mol. The van der Waals surface area contributed by atoms with E-state index in [1.54, 1.807) is 0 Å². The highest BCUT2D eigenvalue weighted by Gasteiger charge is 2.31. The lowest BCUT2D eigenvalue weighted by molar-refractivity contribution is -0.0278. The van der Waals surface area contributed by atoms with Gasteiger partial charge >= 0.3 is 0 Å². The zero-order valence-electron chi connectivity index (χ0n) is 11.0. The van der Waals surface area contributed by atoms with Crippen LogP contribution in [0.5, 0.6) is 0 Å². The predicted octanol–water partition coefficient (Wildman–Crippen LogP) is 2.56. The van der Waals surface area contributed by atoms with Crippen LogP contribution in [0.15, 0.2) is 24.3 Å². The predicted molar refractivity (Wildman–Crippen MR) is 71.4 cm³/mol. The first-order valence-corrected chi connectivity index (χ1v) is 6.62. The fourth-order valence-electron chi connectivity index (χ4n) is 2.60. The van der Waals surface area contributed by atoms with Gasteiger partial charge in [0.15, 0.2) is 0 Å². The van der Waals surface area contributed by atoms with Crippen LogP contribution in [-0.2, 0) is 17.6 Å². The molecule has 94 valence electrons. The number of hydrogen-bond acceptors (Lipinski definition) is 2. The highest BCUT2D eigenvalue weighted by atomic mass is 16.5. The number of nitrogens with one attached hydrogen (secondary N) is 1. The van der Waals surface area contributed by atoms with Gasteiger partial charge in [0, 0.05) is 20.1 Å². The molecule has 1 saturated heterocycles. The van der Waals surface area contributed by atoms with Gasteiger partial charge in [0.2, 0.25) is 0 Å². The van der Waals surface area contributed by atoms with Crippen molar-refractivity contribution in [3.8, 4) is 0 Å². The van der Waals surface area contributed by atoms with Gasteiger partial charge in [-0.25, -0.2) is 0 Å². The minimum Gasteiger partial charge on any atom is -0.377 e. The zero-order valence-corrected chi connectivity index (χ0v) is 11.0. The molecule has 0 aromatic heterocycles. The molecule has 1 aromatic carbocycles. The van der Waals surface area contributed by atoms with Crippen LogP contribution >= 0.6 is 0 Å². The maximum absolute atomic E-state index is 5.78. The third kappa shape index (κ3) is 3.08. The van der Waals surface area contributed by atoms with E-state index in [1.165, 1.54) is 17.5 Å². The Morgan fingerprint density at radius 1 is 1.24 bits per heavy atom. The smallest absolute Gasteiger partial charge is 0.0843 e. The first-order chi connectivity index (χ1) is 8.28. The van der Waals surface area contributed by atoms with Crippen molar-refractivity contribution in [3.05, 3.63) is 35.4 Å². The number of benzene rings is 1. The summed E-state index contributed by atoms with van der Waals surface area (Å²) in [5.74, 6) is 0. The summed E-state index contributed by atoms with van der Waals surface area (Å²) in [6.45, 7) is 4.29. The molecule has 0 aliphatic carbocycles. The molecule has 1 fully saturated rings. The molecular weight excluding hydrogens is 210 g/mol. The molecule has 1 aromatic rings. The van der Waals surface area contributed by atoms with Gasteiger partial charge in [-0.3, -0.25) is 0 Å². The quantitative estimate of drug-likeness (QED) is 0.863. The third-order valence-electron chi connectivity index (χ3n) is 3.82. The van der Waals surface area contributed by atoms with Crippen molar-refractivity contribution in [2.24, 2.45) is 0 Å². The lowest BCUT2D eigenvalue weighted by atomic mass is 9.87. The highest BCUT2D eigenvalue weighted by Crippen LogP contribution is 2.25. The first kappa shape index (κ1) is 12.6. The minimum atomic E-state index is 0.00593. The maximum Gasteiger partial charge on any atom is 0.0843 e. The lowest BCUT2D eigenvalue weighted by Gasteiger charge is -2.36. The summed E-state index contributed by atoms with van der Waals surface area (Å²) in [4.78, 5) is 0. The van der Waals surface area contributed by atoms with Crippen LogP contribution in [0.4, 0.5) is 0 Å². The second kappa shape index (κ2) is 5.65. The van der Waals surface area contributed by atoms with Crippen molar-refractivity contribution in [2.75, 3.05) is 20.2 Å². The number of piperidine rings is 1. The normalized spacial score (nSPS) is 24.8. The van der Waals surface area contributed by atoms with Crippen molar-refractivity contribution in [1.82, 2.24) is 5.32 Å². The Balaban J connectivity index is 2.06. The van der Waals surface area contributed by atoms with Crippen LogP contribution in [0.2, 0.25) is 0 Å². The molecule has 1 N–H and O–H groups in total. The molecule has 2 heteroatoms. The Labute approximate surface area is 104 Å². The molecule has 1 unspecified atom stereocenters. The Kier molecular flexibility index (Phi) is 4.19. The van der Waals surface area contributed by atoms with Gasteiger partial charge < -0.3 is 10.1 Å². The average Bonchev–Trinajstić information content (AvgIpc) is 2.41. The van der Waals surface area contributed by atoms with Gasteiger partial charge in [-0.15, -0.1) is 0 Å². The summed E-state index contributed by atoms with van der Waals surface area (Å²) < 4.78 is 5.78. The molecule has 0 amide bonds. The summed E-state index contributed by atoms with van der Waals surface area (Å²) in [7, 11) is 1.84. The summed E-state index contributed by atoms with van der Waals surface area (Å²) >= 11 is 0. The molecule has 1 aliphatic rings. The van der Waals surface area contributed by atoms with Crippen molar-refractivity contribution in [3.63, 3.8) is 0 Å². The minimum absolute atomic E-state index is 0.00593. The molecule has 0 bridgehead atoms. The van der Waals surface area contributed by atoms with E-state index in [4.69, 9.17) is 4.74 Å². The summed E-state index contributed by atoms with van der Waals surface area (Å²) in [6.07, 6.45) is 4.49. The largest absolute Gasteiger partial charge is 0.377 e. The molecule has 2 rings (SSSR count). The summed E-state index contributed by atoms with van der Waals surface area (Å²) in [5.41, 5.74) is 2.79. The van der Waals surface area contributed by atoms with Gasteiger partial charge in [0.25, 0.3) is 0 Å². The van der Waals surface area contributed by atoms with Crippen molar-refractivity contribution in [2.45, 2.75) is 38.2 Å². The number of methoxy groups -OCH3 is 1. The van der Waals surface area contributed by atoms with Gasteiger partial charge in [0.05, 0.1) is 5.60 Å². The van der Waals surface area contributed by atoms with Gasteiger partial charge in [-0.05, 0) is 36.9 Å². The summed E-state index contributed by atoms with van der Waals surface area (Å²) in [6, 6.07) is 8.95.